The van der Waals surface area contributed by atoms with E-state index in [1.807, 2.05) is 0 Å². The minimum Gasteiger partial charge on any atom is -0.459 e. The molecule has 0 aliphatic rings. The van der Waals surface area contributed by atoms with Gasteiger partial charge in [0.1, 0.15) is 0 Å². The highest BCUT2D eigenvalue weighted by atomic mass is 16.6. The molecule has 0 unspecified atom stereocenters. The highest BCUT2D eigenvalue weighted by Crippen LogP contribution is 2.17. The van der Waals surface area contributed by atoms with Crippen molar-refractivity contribution in [1.29, 1.82) is 0 Å². The number of fused-ring (bicyclic) bond motifs is 1. The van der Waals surface area contributed by atoms with E-state index in [0.29, 0.717) is 0 Å². The molecule has 1 aromatic carbocycles. The molecule has 1 aromatic heterocycles. The van der Waals surface area contributed by atoms with Crippen LogP contribution in [0.25, 0.3) is 10.9 Å². The quantitative estimate of drug-likeness (QED) is 0.466. The van der Waals surface area contributed by atoms with Crippen LogP contribution < -0.4 is 5.63 Å². The molecule has 0 atom stereocenters. The number of carbonyl (C=O) groups is 1. The molecule has 0 amide bonds. The summed E-state index contributed by atoms with van der Waals surface area (Å²) in [5.74, 6) is -1.34. The normalized spacial score (nSPS) is 10.4. The predicted molar refractivity (Wildman–Crippen MR) is 62.9 cm³/mol. The maximum atomic E-state index is 11.6. The summed E-state index contributed by atoms with van der Waals surface area (Å²) < 4.78 is 9.33. The number of hydrogen-bond acceptors (Lipinski definition) is 7. The van der Waals surface area contributed by atoms with Gasteiger partial charge in [-0.2, -0.15) is 0 Å². The average molecular weight is 264 g/mol. The van der Waals surface area contributed by atoms with Crippen LogP contribution in [0, 0.1) is 10.1 Å². The number of rotatable bonds is 3. The Balaban J connectivity index is 2.59. The van der Waals surface area contributed by atoms with E-state index < -0.39 is 22.4 Å². The summed E-state index contributed by atoms with van der Waals surface area (Å²) >= 11 is 0. The molecule has 0 saturated heterocycles. The van der Waals surface area contributed by atoms with Gasteiger partial charge in [0.2, 0.25) is 0 Å². The topological polar surface area (TPSA) is 113 Å². The number of non-ortho nitro benzene ring substituents is 1. The molecular weight excluding hydrogens is 256 g/mol. The van der Waals surface area contributed by atoms with E-state index in [-0.39, 0.29) is 23.2 Å². The van der Waals surface area contributed by atoms with Crippen LogP contribution in [0.4, 0.5) is 5.69 Å². The van der Waals surface area contributed by atoms with Crippen LogP contribution in [-0.4, -0.2) is 22.5 Å². The first kappa shape index (κ1) is 12.7. The minimum atomic E-state index is -0.878. The number of ether oxygens (including phenoxy) is 1. The second kappa shape index (κ2) is 4.84. The highest BCUT2D eigenvalue weighted by Gasteiger charge is 2.17. The minimum absolute atomic E-state index is 0.0674. The van der Waals surface area contributed by atoms with Gasteiger partial charge in [0, 0.05) is 12.1 Å². The molecule has 0 bridgehead atoms. The molecule has 0 aliphatic heterocycles. The van der Waals surface area contributed by atoms with Crippen molar-refractivity contribution >= 4 is 22.6 Å². The van der Waals surface area contributed by atoms with Gasteiger partial charge in [0.25, 0.3) is 5.69 Å². The lowest BCUT2D eigenvalue weighted by Gasteiger charge is -2.01. The van der Waals surface area contributed by atoms with Crippen molar-refractivity contribution in [1.82, 2.24) is 4.98 Å². The van der Waals surface area contributed by atoms with E-state index >= 15 is 0 Å². The maximum Gasteiger partial charge on any atom is 0.394 e. The summed E-state index contributed by atoms with van der Waals surface area (Å²) in [4.78, 5) is 36.8. The molecular formula is C11H8N2O6. The van der Waals surface area contributed by atoms with Gasteiger partial charge in [0.15, 0.2) is 0 Å². The van der Waals surface area contributed by atoms with Crippen molar-refractivity contribution in [3.8, 4) is 0 Å². The third kappa shape index (κ3) is 2.41. The van der Waals surface area contributed by atoms with Crippen molar-refractivity contribution in [3.05, 3.63) is 44.6 Å². The number of benzene rings is 1. The standard InChI is InChI=1S/C11H8N2O6/c1-2-18-11(15)9-12-8-4-3-6(13(16)17)5-7(8)10(14)19-9/h3-5H,2H2,1H3. The maximum absolute atomic E-state index is 11.6. The first-order valence-electron chi connectivity index (χ1n) is 5.29. The number of nitrogens with zero attached hydrogens (tertiary/aromatic N) is 2. The Morgan fingerprint density at radius 2 is 2.26 bits per heavy atom. The zero-order valence-electron chi connectivity index (χ0n) is 9.78. The fourth-order valence-corrected chi connectivity index (χ4v) is 1.45. The Labute approximate surface area is 105 Å². The van der Waals surface area contributed by atoms with E-state index in [9.17, 15) is 19.7 Å². The molecule has 8 heteroatoms. The number of aromatic nitrogens is 1. The van der Waals surface area contributed by atoms with Gasteiger partial charge >= 0.3 is 17.5 Å². The zero-order chi connectivity index (χ0) is 14.0. The van der Waals surface area contributed by atoms with Crippen LogP contribution in [0.5, 0.6) is 0 Å². The fourth-order valence-electron chi connectivity index (χ4n) is 1.45. The summed E-state index contributed by atoms with van der Waals surface area (Å²) in [6, 6.07) is 3.50. The zero-order valence-corrected chi connectivity index (χ0v) is 9.78. The second-order valence-corrected chi connectivity index (χ2v) is 3.49. The van der Waals surface area contributed by atoms with Crippen molar-refractivity contribution < 1.29 is 18.9 Å². The number of hydrogen-bond donors (Lipinski definition) is 0. The summed E-state index contributed by atoms with van der Waals surface area (Å²) in [5, 5.41) is 10.5. The van der Waals surface area contributed by atoms with Crippen LogP contribution in [0.1, 0.15) is 17.6 Å². The molecule has 0 saturated carbocycles. The van der Waals surface area contributed by atoms with Gasteiger partial charge in [-0.15, -0.1) is 0 Å². The molecule has 2 aromatic rings. The van der Waals surface area contributed by atoms with Crippen LogP contribution in [0.3, 0.4) is 0 Å². The summed E-state index contributed by atoms with van der Waals surface area (Å²) in [5.41, 5.74) is -1.01. The average Bonchev–Trinajstić information content (AvgIpc) is 2.38. The Morgan fingerprint density at radius 1 is 1.53 bits per heavy atom. The lowest BCUT2D eigenvalue weighted by Crippen LogP contribution is -2.12. The van der Waals surface area contributed by atoms with E-state index in [1.54, 1.807) is 6.92 Å². The Hall–Kier alpha value is -2.77. The smallest absolute Gasteiger partial charge is 0.394 e. The first-order chi connectivity index (χ1) is 9.02. The molecule has 0 radical (unpaired) electrons. The SMILES string of the molecule is CCOC(=O)c1nc2ccc([N+](=O)[O-])cc2c(=O)o1. The van der Waals surface area contributed by atoms with Gasteiger partial charge in [-0.25, -0.2) is 14.6 Å². The molecule has 0 N–H and O–H groups in total. The van der Waals surface area contributed by atoms with Crippen LogP contribution in [-0.2, 0) is 4.74 Å². The van der Waals surface area contributed by atoms with E-state index in [2.05, 4.69) is 14.1 Å². The Kier molecular flexibility index (Phi) is 3.23. The second-order valence-electron chi connectivity index (χ2n) is 3.49. The molecule has 8 nitrogen and oxygen atoms in total. The van der Waals surface area contributed by atoms with Gasteiger partial charge in [-0.1, -0.05) is 0 Å². The molecule has 0 aliphatic carbocycles. The molecule has 0 fully saturated rings. The molecule has 0 spiro atoms. The van der Waals surface area contributed by atoms with E-state index in [1.165, 1.54) is 12.1 Å². The van der Waals surface area contributed by atoms with Gasteiger partial charge < -0.3 is 9.15 Å². The van der Waals surface area contributed by atoms with E-state index in [4.69, 9.17) is 0 Å². The van der Waals surface area contributed by atoms with Gasteiger partial charge in [-0.05, 0) is 13.0 Å². The molecule has 19 heavy (non-hydrogen) atoms. The van der Waals surface area contributed by atoms with Crippen molar-refractivity contribution in [3.63, 3.8) is 0 Å². The van der Waals surface area contributed by atoms with Crippen LogP contribution in [0.2, 0.25) is 0 Å². The van der Waals surface area contributed by atoms with Gasteiger partial charge in [0.05, 0.1) is 22.4 Å². The predicted octanol–water partition coefficient (Wildman–Crippen LogP) is 1.27. The van der Waals surface area contributed by atoms with E-state index in [0.717, 1.165) is 6.07 Å². The number of nitro benzene ring substituents is 1. The molecule has 1 heterocycles. The summed E-state index contributed by atoms with van der Waals surface area (Å²) in [6.07, 6.45) is 0. The lowest BCUT2D eigenvalue weighted by atomic mass is 10.2. The van der Waals surface area contributed by atoms with Crippen molar-refractivity contribution in [2.45, 2.75) is 6.92 Å². The monoisotopic (exact) mass is 264 g/mol. The van der Waals surface area contributed by atoms with Crippen molar-refractivity contribution in [2.24, 2.45) is 0 Å². The third-order valence-corrected chi connectivity index (χ3v) is 2.27. The van der Waals surface area contributed by atoms with Crippen LogP contribution in [0.15, 0.2) is 27.4 Å². The highest BCUT2D eigenvalue weighted by molar-refractivity contribution is 5.87. The Bertz CT molecular complexity index is 721. The number of carbonyl (C=O) groups excluding carboxylic acids is 1. The number of nitro groups is 1. The van der Waals surface area contributed by atoms with Crippen LogP contribution >= 0.6 is 0 Å². The first-order valence-corrected chi connectivity index (χ1v) is 5.29. The third-order valence-electron chi connectivity index (χ3n) is 2.27. The fraction of sp³-hybridized carbons (Fsp3) is 0.182. The van der Waals surface area contributed by atoms with Crippen molar-refractivity contribution in [2.75, 3.05) is 6.61 Å². The lowest BCUT2D eigenvalue weighted by molar-refractivity contribution is -0.384. The molecule has 98 valence electrons. The Morgan fingerprint density at radius 3 is 2.89 bits per heavy atom. The summed E-state index contributed by atoms with van der Waals surface area (Å²) in [7, 11) is 0. The largest absolute Gasteiger partial charge is 0.459 e. The summed E-state index contributed by atoms with van der Waals surface area (Å²) in [6.45, 7) is 1.71. The van der Waals surface area contributed by atoms with Gasteiger partial charge in [-0.3, -0.25) is 10.1 Å². The molecule has 2 rings (SSSR count). The number of esters is 1.